The zero-order chi connectivity index (χ0) is 23.5. The Labute approximate surface area is 201 Å². The van der Waals surface area contributed by atoms with Crippen LogP contribution in [0.4, 0.5) is 0 Å². The minimum absolute atomic E-state index is 0.0444. The van der Waals surface area contributed by atoms with E-state index in [0.29, 0.717) is 31.9 Å². The maximum atomic E-state index is 14.3. The number of likely N-dealkylation sites (tertiary alicyclic amines) is 1. The van der Waals surface area contributed by atoms with Crippen LogP contribution in [0.2, 0.25) is 0 Å². The van der Waals surface area contributed by atoms with Crippen molar-refractivity contribution in [1.82, 2.24) is 14.9 Å². The molecule has 0 radical (unpaired) electrons. The largest absolute Gasteiger partial charge is 0.497 e. The average molecular weight is 458 g/mol. The summed E-state index contributed by atoms with van der Waals surface area (Å²) in [5, 5.41) is 0. The first-order valence-electron chi connectivity index (χ1n) is 12.0. The summed E-state index contributed by atoms with van der Waals surface area (Å²) in [5.41, 5.74) is 3.57. The van der Waals surface area contributed by atoms with Crippen LogP contribution >= 0.6 is 0 Å². The van der Waals surface area contributed by atoms with Gasteiger partial charge in [0.05, 0.1) is 24.3 Å². The highest BCUT2D eigenvalue weighted by Gasteiger charge is 2.47. The molecule has 2 fully saturated rings. The van der Waals surface area contributed by atoms with E-state index >= 15 is 0 Å². The second-order valence-electron chi connectivity index (χ2n) is 9.25. The van der Waals surface area contributed by atoms with Crippen molar-refractivity contribution in [2.45, 2.75) is 44.1 Å². The first-order chi connectivity index (χ1) is 16.6. The Morgan fingerprint density at radius 3 is 2.65 bits per heavy atom. The summed E-state index contributed by atoms with van der Waals surface area (Å²) in [6, 6.07) is 18.1. The van der Waals surface area contributed by atoms with E-state index in [1.165, 1.54) is 5.56 Å². The summed E-state index contributed by atoms with van der Waals surface area (Å²) in [5.74, 6) is 1.66. The average Bonchev–Trinajstić information content (AvgIpc) is 3.39. The Balaban J connectivity index is 1.47. The molecule has 1 aromatic heterocycles. The Kier molecular flexibility index (Phi) is 6.33. The lowest BCUT2D eigenvalue weighted by Gasteiger charge is -2.41. The van der Waals surface area contributed by atoms with Crippen molar-refractivity contribution in [2.24, 2.45) is 0 Å². The van der Waals surface area contributed by atoms with Gasteiger partial charge in [0, 0.05) is 31.5 Å². The molecule has 2 aromatic carbocycles. The summed E-state index contributed by atoms with van der Waals surface area (Å²) in [6.45, 7) is 4.04. The molecule has 176 valence electrons. The lowest BCUT2D eigenvalue weighted by Crippen LogP contribution is -2.49. The molecule has 0 saturated carbocycles. The number of nitrogens with zero attached hydrogens (tertiary/aromatic N) is 3. The normalized spacial score (nSPS) is 19.7. The van der Waals surface area contributed by atoms with Crippen LogP contribution < -0.4 is 4.74 Å². The zero-order valence-electron chi connectivity index (χ0n) is 19.9. The summed E-state index contributed by atoms with van der Waals surface area (Å²) >= 11 is 0. The minimum atomic E-state index is -0.543. The SMILES string of the molecule is COc1ccc(-c2nccc([C@@H]3CCCN3C(=O)C3(c4cccc(C)c4)CCOCC3)n2)cc1. The van der Waals surface area contributed by atoms with Crippen molar-refractivity contribution < 1.29 is 14.3 Å². The fraction of sp³-hybridized carbons (Fsp3) is 0.393. The molecule has 0 bridgehead atoms. The lowest BCUT2D eigenvalue weighted by atomic mass is 9.72. The topological polar surface area (TPSA) is 64.5 Å². The van der Waals surface area contributed by atoms with E-state index in [1.807, 2.05) is 30.3 Å². The van der Waals surface area contributed by atoms with E-state index in [1.54, 1.807) is 13.3 Å². The van der Waals surface area contributed by atoms with Gasteiger partial charge in [0.15, 0.2) is 5.82 Å². The number of hydrogen-bond acceptors (Lipinski definition) is 5. The van der Waals surface area contributed by atoms with E-state index in [0.717, 1.165) is 42.0 Å². The molecule has 0 N–H and O–H groups in total. The van der Waals surface area contributed by atoms with Gasteiger partial charge in [0.2, 0.25) is 5.91 Å². The third kappa shape index (κ3) is 4.18. The van der Waals surface area contributed by atoms with Crippen LogP contribution in [0.15, 0.2) is 60.8 Å². The molecule has 1 amide bonds. The number of ether oxygens (including phenoxy) is 2. The molecule has 2 aliphatic rings. The zero-order valence-corrected chi connectivity index (χ0v) is 19.9. The van der Waals surface area contributed by atoms with Crippen LogP contribution in [-0.2, 0) is 14.9 Å². The molecular weight excluding hydrogens is 426 g/mol. The molecule has 3 aromatic rings. The van der Waals surface area contributed by atoms with Crippen molar-refractivity contribution in [3.05, 3.63) is 77.6 Å². The number of amides is 1. The molecule has 2 saturated heterocycles. The first-order valence-corrected chi connectivity index (χ1v) is 12.0. The van der Waals surface area contributed by atoms with E-state index in [9.17, 15) is 4.79 Å². The van der Waals surface area contributed by atoms with Crippen LogP contribution in [0.1, 0.15) is 48.5 Å². The molecule has 6 heteroatoms. The van der Waals surface area contributed by atoms with Gasteiger partial charge < -0.3 is 14.4 Å². The van der Waals surface area contributed by atoms with Crippen LogP contribution in [0.25, 0.3) is 11.4 Å². The Morgan fingerprint density at radius 1 is 1.12 bits per heavy atom. The Bertz CT molecular complexity index is 1160. The first kappa shape index (κ1) is 22.5. The third-order valence-corrected chi connectivity index (χ3v) is 7.21. The summed E-state index contributed by atoms with van der Waals surface area (Å²) in [6.07, 6.45) is 5.09. The molecule has 0 aliphatic carbocycles. The smallest absolute Gasteiger partial charge is 0.233 e. The maximum absolute atomic E-state index is 14.3. The van der Waals surface area contributed by atoms with Gasteiger partial charge in [-0.15, -0.1) is 0 Å². The molecule has 34 heavy (non-hydrogen) atoms. The predicted molar refractivity (Wildman–Crippen MR) is 131 cm³/mol. The highest BCUT2D eigenvalue weighted by Crippen LogP contribution is 2.42. The van der Waals surface area contributed by atoms with Gasteiger partial charge in [-0.2, -0.15) is 0 Å². The van der Waals surface area contributed by atoms with Crippen molar-refractivity contribution in [3.63, 3.8) is 0 Å². The van der Waals surface area contributed by atoms with Crippen molar-refractivity contribution >= 4 is 5.91 Å². The quantitative estimate of drug-likeness (QED) is 0.547. The standard InChI is InChI=1S/C28H31N3O3/c1-20-5-3-6-22(19-20)28(13-17-34-18-14-28)27(32)31-16-4-7-25(31)24-12-15-29-26(30-24)21-8-10-23(33-2)11-9-21/h3,5-6,8-12,15,19,25H,4,7,13-14,16-18H2,1-2H3/t25-/m0/s1. The van der Waals surface area contributed by atoms with Gasteiger partial charge in [-0.3, -0.25) is 4.79 Å². The molecular formula is C28H31N3O3. The lowest BCUT2D eigenvalue weighted by molar-refractivity contribution is -0.142. The molecule has 0 spiro atoms. The van der Waals surface area contributed by atoms with Crippen LogP contribution in [0.5, 0.6) is 5.75 Å². The summed E-state index contributed by atoms with van der Waals surface area (Å²) in [4.78, 5) is 25.7. The van der Waals surface area contributed by atoms with Crippen LogP contribution in [0, 0.1) is 6.92 Å². The molecule has 3 heterocycles. The van der Waals surface area contributed by atoms with Gasteiger partial charge in [-0.05, 0) is 68.5 Å². The Morgan fingerprint density at radius 2 is 1.91 bits per heavy atom. The van der Waals surface area contributed by atoms with Crippen molar-refractivity contribution in [1.29, 1.82) is 0 Å². The summed E-state index contributed by atoms with van der Waals surface area (Å²) in [7, 11) is 1.65. The number of aryl methyl sites for hydroxylation is 1. The van der Waals surface area contributed by atoms with Gasteiger partial charge in [0.1, 0.15) is 5.75 Å². The monoisotopic (exact) mass is 457 g/mol. The predicted octanol–water partition coefficient (Wildman–Crippen LogP) is 4.87. The summed E-state index contributed by atoms with van der Waals surface area (Å²) < 4.78 is 10.9. The van der Waals surface area contributed by atoms with Crippen molar-refractivity contribution in [2.75, 3.05) is 26.9 Å². The fourth-order valence-corrected chi connectivity index (χ4v) is 5.32. The Hall–Kier alpha value is -3.25. The number of carbonyl (C=O) groups is 1. The number of rotatable bonds is 5. The van der Waals surface area contributed by atoms with Gasteiger partial charge >= 0.3 is 0 Å². The number of aromatic nitrogens is 2. The van der Waals surface area contributed by atoms with Crippen LogP contribution in [0.3, 0.4) is 0 Å². The fourth-order valence-electron chi connectivity index (χ4n) is 5.32. The van der Waals surface area contributed by atoms with Gasteiger partial charge in [0.25, 0.3) is 0 Å². The van der Waals surface area contributed by atoms with Crippen molar-refractivity contribution in [3.8, 4) is 17.1 Å². The van der Waals surface area contributed by atoms with Gasteiger partial charge in [-0.1, -0.05) is 29.8 Å². The highest BCUT2D eigenvalue weighted by atomic mass is 16.5. The third-order valence-electron chi connectivity index (χ3n) is 7.21. The molecule has 1 atom stereocenters. The second-order valence-corrected chi connectivity index (χ2v) is 9.25. The molecule has 2 aliphatic heterocycles. The number of carbonyl (C=O) groups excluding carboxylic acids is 1. The second kappa shape index (κ2) is 9.55. The molecule has 6 nitrogen and oxygen atoms in total. The minimum Gasteiger partial charge on any atom is -0.497 e. The highest BCUT2D eigenvalue weighted by molar-refractivity contribution is 5.89. The van der Waals surface area contributed by atoms with E-state index in [-0.39, 0.29) is 11.9 Å². The number of hydrogen-bond donors (Lipinski definition) is 0. The maximum Gasteiger partial charge on any atom is 0.233 e. The van der Waals surface area contributed by atoms with Crippen LogP contribution in [-0.4, -0.2) is 47.6 Å². The number of methoxy groups -OCH3 is 1. The van der Waals surface area contributed by atoms with E-state index in [4.69, 9.17) is 14.5 Å². The van der Waals surface area contributed by atoms with E-state index in [2.05, 4.69) is 41.1 Å². The van der Waals surface area contributed by atoms with Gasteiger partial charge in [-0.25, -0.2) is 9.97 Å². The molecule has 0 unspecified atom stereocenters. The number of benzene rings is 2. The molecule has 5 rings (SSSR count). The van der Waals surface area contributed by atoms with E-state index < -0.39 is 5.41 Å².